The minimum Gasteiger partial charge on any atom is -0.454 e. The molecule has 0 N–H and O–H groups in total. The van der Waals surface area contributed by atoms with Gasteiger partial charge in [0.25, 0.3) is 0 Å². The normalized spacial score (nSPS) is 14.6. The Bertz CT molecular complexity index is 790. The number of benzene rings is 2. The lowest BCUT2D eigenvalue weighted by atomic mass is 9.84. The van der Waals surface area contributed by atoms with Gasteiger partial charge in [0, 0.05) is 25.3 Å². The summed E-state index contributed by atoms with van der Waals surface area (Å²) in [5.41, 5.74) is 3.25. The minimum atomic E-state index is -0.481. The van der Waals surface area contributed by atoms with Crippen molar-refractivity contribution in [2.24, 2.45) is 0 Å². The lowest BCUT2D eigenvalue weighted by molar-refractivity contribution is 0.0475. The Morgan fingerprint density at radius 3 is 2.33 bits per heavy atom. The maximum Gasteiger partial charge on any atom is 0.338 e. The Morgan fingerprint density at radius 2 is 1.67 bits per heavy atom. The second kappa shape index (κ2) is 8.85. The molecule has 2 aromatic rings. The summed E-state index contributed by atoms with van der Waals surface area (Å²) in [5, 5.41) is 0. The average Bonchev–Trinajstić information content (AvgIpc) is 2.72. The molecule has 1 aliphatic carbocycles. The van der Waals surface area contributed by atoms with Crippen molar-refractivity contribution in [2.45, 2.75) is 38.0 Å². The van der Waals surface area contributed by atoms with Gasteiger partial charge in [0.15, 0.2) is 12.4 Å². The number of ketones is 1. The van der Waals surface area contributed by atoms with E-state index >= 15 is 0 Å². The summed E-state index contributed by atoms with van der Waals surface area (Å²) in [5.74, 6) is -0.0436. The molecule has 0 aliphatic heterocycles. The predicted octanol–water partition coefficient (Wildman–Crippen LogP) is 4.84. The number of anilines is 1. The number of nitrogens with zero attached hydrogens (tertiary/aromatic N) is 1. The van der Waals surface area contributed by atoms with Gasteiger partial charge in [-0.15, -0.1) is 0 Å². The Kier molecular flexibility index (Phi) is 6.28. The highest BCUT2D eigenvalue weighted by Crippen LogP contribution is 2.32. The highest BCUT2D eigenvalue weighted by molar-refractivity contribution is 5.99. The Balaban J connectivity index is 1.57. The van der Waals surface area contributed by atoms with Crippen molar-refractivity contribution in [2.75, 3.05) is 25.6 Å². The van der Waals surface area contributed by atoms with E-state index in [4.69, 9.17) is 4.74 Å². The second-order valence-electron chi connectivity index (χ2n) is 7.40. The molecule has 4 heteroatoms. The van der Waals surface area contributed by atoms with E-state index in [0.717, 1.165) is 5.69 Å². The van der Waals surface area contributed by atoms with Crippen molar-refractivity contribution >= 4 is 17.4 Å². The molecule has 4 nitrogen and oxygen atoms in total. The highest BCUT2D eigenvalue weighted by atomic mass is 16.5. The molecule has 0 bridgehead atoms. The van der Waals surface area contributed by atoms with Crippen LogP contribution in [0.1, 0.15) is 64.3 Å². The third-order valence-corrected chi connectivity index (χ3v) is 5.24. The SMILES string of the molecule is CN(C)c1cccc(C(=O)OCC(=O)c2ccc(C3CCCCC3)cc2)c1. The number of carbonyl (C=O) groups excluding carboxylic acids is 2. The minimum absolute atomic E-state index is 0.178. The van der Waals surface area contributed by atoms with Gasteiger partial charge < -0.3 is 9.64 Å². The van der Waals surface area contributed by atoms with Crippen LogP contribution >= 0.6 is 0 Å². The average molecular weight is 365 g/mol. The van der Waals surface area contributed by atoms with Crippen LogP contribution in [0.15, 0.2) is 48.5 Å². The van der Waals surface area contributed by atoms with Gasteiger partial charge in [0.1, 0.15) is 0 Å². The molecule has 0 heterocycles. The first kappa shape index (κ1) is 19.2. The number of carbonyl (C=O) groups is 2. The molecule has 2 aromatic carbocycles. The van der Waals surface area contributed by atoms with Gasteiger partial charge in [-0.3, -0.25) is 4.79 Å². The molecular weight excluding hydrogens is 338 g/mol. The van der Waals surface area contributed by atoms with E-state index in [1.165, 1.54) is 37.7 Å². The third-order valence-electron chi connectivity index (χ3n) is 5.24. The maximum atomic E-state index is 12.4. The molecule has 1 aliphatic rings. The van der Waals surface area contributed by atoms with Crippen molar-refractivity contribution in [3.8, 4) is 0 Å². The Morgan fingerprint density at radius 1 is 0.963 bits per heavy atom. The van der Waals surface area contributed by atoms with Crippen molar-refractivity contribution in [1.29, 1.82) is 0 Å². The fourth-order valence-electron chi connectivity index (χ4n) is 3.59. The van der Waals surface area contributed by atoms with Gasteiger partial charge >= 0.3 is 5.97 Å². The summed E-state index contributed by atoms with van der Waals surface area (Å²) in [4.78, 5) is 26.5. The van der Waals surface area contributed by atoms with Gasteiger partial charge in [-0.1, -0.05) is 49.6 Å². The summed E-state index contributed by atoms with van der Waals surface area (Å²) in [6.45, 7) is -0.242. The fourth-order valence-corrected chi connectivity index (χ4v) is 3.59. The number of ether oxygens (including phenoxy) is 1. The number of esters is 1. The molecule has 142 valence electrons. The molecule has 0 spiro atoms. The van der Waals surface area contributed by atoms with Gasteiger partial charge in [0.05, 0.1) is 5.56 Å². The zero-order chi connectivity index (χ0) is 19.2. The second-order valence-corrected chi connectivity index (χ2v) is 7.40. The summed E-state index contributed by atoms with van der Waals surface area (Å²) in [6.07, 6.45) is 6.37. The molecule has 1 saturated carbocycles. The molecule has 0 unspecified atom stereocenters. The van der Waals surface area contributed by atoms with Crippen LogP contribution in [0.2, 0.25) is 0 Å². The lowest BCUT2D eigenvalue weighted by Gasteiger charge is -2.22. The van der Waals surface area contributed by atoms with E-state index in [9.17, 15) is 9.59 Å². The van der Waals surface area contributed by atoms with Crippen molar-refractivity contribution < 1.29 is 14.3 Å². The Labute approximate surface area is 161 Å². The highest BCUT2D eigenvalue weighted by Gasteiger charge is 2.17. The quantitative estimate of drug-likeness (QED) is 0.543. The molecule has 0 saturated heterocycles. The summed E-state index contributed by atoms with van der Waals surface area (Å²) in [6, 6.07) is 15.0. The first-order chi connectivity index (χ1) is 13.0. The number of hydrogen-bond donors (Lipinski definition) is 0. The van der Waals surface area contributed by atoms with Crippen molar-refractivity contribution in [3.05, 3.63) is 65.2 Å². The summed E-state index contributed by atoms with van der Waals surface area (Å²) < 4.78 is 5.22. The van der Waals surface area contributed by atoms with Crippen LogP contribution in [0, 0.1) is 0 Å². The van der Waals surface area contributed by atoms with E-state index in [1.54, 1.807) is 18.2 Å². The molecule has 0 aromatic heterocycles. The number of hydrogen-bond acceptors (Lipinski definition) is 4. The maximum absolute atomic E-state index is 12.4. The standard InChI is InChI=1S/C23H27NO3/c1-24(2)21-10-6-9-20(15-21)23(26)27-16-22(25)19-13-11-18(12-14-19)17-7-4-3-5-8-17/h6,9-15,17H,3-5,7-8,16H2,1-2H3. The fraction of sp³-hybridized carbons (Fsp3) is 0.391. The first-order valence-corrected chi connectivity index (χ1v) is 9.62. The van der Waals surface area contributed by atoms with E-state index in [2.05, 4.69) is 0 Å². The van der Waals surface area contributed by atoms with Gasteiger partial charge in [0.2, 0.25) is 0 Å². The van der Waals surface area contributed by atoms with Crippen LogP contribution < -0.4 is 4.90 Å². The van der Waals surface area contributed by atoms with E-state index in [1.807, 2.05) is 49.3 Å². The molecule has 27 heavy (non-hydrogen) atoms. The third kappa shape index (κ3) is 4.97. The van der Waals surface area contributed by atoms with Crippen LogP contribution in [0.5, 0.6) is 0 Å². The van der Waals surface area contributed by atoms with Crippen LogP contribution in [0.4, 0.5) is 5.69 Å². The summed E-state index contributed by atoms with van der Waals surface area (Å²) >= 11 is 0. The van der Waals surface area contributed by atoms with Crippen LogP contribution in [-0.4, -0.2) is 32.5 Å². The summed E-state index contributed by atoms with van der Waals surface area (Å²) in [7, 11) is 3.82. The lowest BCUT2D eigenvalue weighted by Crippen LogP contribution is -2.15. The van der Waals surface area contributed by atoms with Crippen LogP contribution in [0.3, 0.4) is 0 Å². The van der Waals surface area contributed by atoms with Crippen molar-refractivity contribution in [1.82, 2.24) is 0 Å². The van der Waals surface area contributed by atoms with E-state index in [0.29, 0.717) is 17.0 Å². The zero-order valence-electron chi connectivity index (χ0n) is 16.1. The molecule has 0 radical (unpaired) electrons. The van der Waals surface area contributed by atoms with Crippen LogP contribution in [-0.2, 0) is 4.74 Å². The van der Waals surface area contributed by atoms with Crippen LogP contribution in [0.25, 0.3) is 0 Å². The van der Waals surface area contributed by atoms with Crippen molar-refractivity contribution in [3.63, 3.8) is 0 Å². The largest absolute Gasteiger partial charge is 0.454 e. The van der Waals surface area contributed by atoms with Gasteiger partial charge in [-0.05, 0) is 42.5 Å². The number of Topliss-reactive ketones (excluding diaryl/α,β-unsaturated/α-hetero) is 1. The molecule has 1 fully saturated rings. The molecule has 0 atom stereocenters. The van der Waals surface area contributed by atoms with Gasteiger partial charge in [-0.2, -0.15) is 0 Å². The zero-order valence-corrected chi connectivity index (χ0v) is 16.1. The first-order valence-electron chi connectivity index (χ1n) is 9.62. The van der Waals surface area contributed by atoms with E-state index in [-0.39, 0.29) is 12.4 Å². The predicted molar refractivity (Wildman–Crippen MR) is 108 cm³/mol. The van der Waals surface area contributed by atoms with Gasteiger partial charge in [-0.25, -0.2) is 4.79 Å². The number of rotatable bonds is 6. The Hall–Kier alpha value is -2.62. The smallest absolute Gasteiger partial charge is 0.338 e. The monoisotopic (exact) mass is 365 g/mol. The molecule has 3 rings (SSSR count). The van der Waals surface area contributed by atoms with E-state index < -0.39 is 5.97 Å². The molecule has 0 amide bonds. The topological polar surface area (TPSA) is 46.6 Å². The molecular formula is C23H27NO3.